The smallest absolute Gasteiger partial charge is 0.131 e. The molecule has 1 heterocycles. The molecule has 0 radical (unpaired) electrons. The predicted molar refractivity (Wildman–Crippen MR) is 74.8 cm³/mol. The topological polar surface area (TPSA) is 21.1 Å². The van der Waals surface area contributed by atoms with Crippen LogP contribution in [0.3, 0.4) is 0 Å². The minimum absolute atomic E-state index is 0.219. The molecule has 0 aliphatic heterocycles. The van der Waals surface area contributed by atoms with Gasteiger partial charge in [0.15, 0.2) is 0 Å². The third kappa shape index (κ3) is 2.76. The molecule has 0 aliphatic carbocycles. The Morgan fingerprint density at radius 1 is 1.41 bits per heavy atom. The van der Waals surface area contributed by atoms with Gasteiger partial charge in [0.05, 0.1) is 11.6 Å². The highest BCUT2D eigenvalue weighted by Gasteiger charge is 2.27. The van der Waals surface area contributed by atoms with Gasteiger partial charge in [-0.15, -0.1) is 11.6 Å². The Bertz CT molecular complexity index is 390. The van der Waals surface area contributed by atoms with Gasteiger partial charge in [0.2, 0.25) is 0 Å². The van der Waals surface area contributed by atoms with Crippen molar-refractivity contribution in [3.05, 3.63) is 11.3 Å². The Labute approximate surface area is 110 Å². The fourth-order valence-corrected chi connectivity index (χ4v) is 2.36. The first kappa shape index (κ1) is 14.4. The zero-order chi connectivity index (χ0) is 13.4. The normalized spacial score (nSPS) is 13.9. The van der Waals surface area contributed by atoms with Crippen LogP contribution in [0.5, 0.6) is 0 Å². The Morgan fingerprint density at radius 3 is 2.35 bits per heavy atom. The molecule has 1 atom stereocenters. The number of alkyl halides is 1. The van der Waals surface area contributed by atoms with Gasteiger partial charge in [-0.3, -0.25) is 4.68 Å². The monoisotopic (exact) mass is 257 g/mol. The van der Waals surface area contributed by atoms with E-state index in [1.54, 1.807) is 0 Å². The molecule has 1 unspecified atom stereocenters. The Kier molecular flexibility index (Phi) is 4.13. The van der Waals surface area contributed by atoms with Crippen LogP contribution in [0, 0.1) is 12.3 Å². The first-order chi connectivity index (χ1) is 7.70. The van der Waals surface area contributed by atoms with E-state index < -0.39 is 0 Å². The zero-order valence-corrected chi connectivity index (χ0v) is 12.8. The van der Waals surface area contributed by atoms with Gasteiger partial charge in [0.1, 0.15) is 5.82 Å². The summed E-state index contributed by atoms with van der Waals surface area (Å²) in [5.74, 6) is 1.64. The molecule has 0 saturated carbocycles. The molecule has 0 fully saturated rings. The third-order valence-electron chi connectivity index (χ3n) is 3.62. The van der Waals surface area contributed by atoms with Crippen molar-refractivity contribution in [1.29, 1.82) is 0 Å². The standard InChI is InChI=1S/C13H24ClN3/c1-9-11(8-14)12(17(7)15-9)16(6)10(2)13(3,4)5/h10H,8H2,1-7H3. The van der Waals surface area contributed by atoms with Gasteiger partial charge in [-0.2, -0.15) is 5.10 Å². The molecule has 1 rings (SSSR count). The van der Waals surface area contributed by atoms with Crippen LogP contribution in [0.2, 0.25) is 0 Å². The van der Waals surface area contributed by atoms with E-state index in [2.05, 4.69) is 44.7 Å². The summed E-state index contributed by atoms with van der Waals surface area (Å²) >= 11 is 6.03. The van der Waals surface area contributed by atoms with Gasteiger partial charge in [0, 0.05) is 25.7 Å². The van der Waals surface area contributed by atoms with Crippen LogP contribution >= 0.6 is 11.6 Å². The maximum atomic E-state index is 6.03. The van der Waals surface area contributed by atoms with Gasteiger partial charge in [0.25, 0.3) is 0 Å². The van der Waals surface area contributed by atoms with E-state index in [1.807, 2.05) is 18.7 Å². The highest BCUT2D eigenvalue weighted by Crippen LogP contribution is 2.31. The summed E-state index contributed by atoms with van der Waals surface area (Å²) in [4.78, 5) is 2.28. The second-order valence-corrected chi connectivity index (χ2v) is 6.06. The Hall–Kier alpha value is -0.700. The average molecular weight is 258 g/mol. The van der Waals surface area contributed by atoms with Gasteiger partial charge in [-0.05, 0) is 19.3 Å². The van der Waals surface area contributed by atoms with E-state index in [1.165, 1.54) is 0 Å². The highest BCUT2D eigenvalue weighted by atomic mass is 35.5. The van der Waals surface area contributed by atoms with E-state index in [0.717, 1.165) is 17.1 Å². The average Bonchev–Trinajstić information content (AvgIpc) is 2.49. The molecule has 0 aromatic carbocycles. The van der Waals surface area contributed by atoms with E-state index in [9.17, 15) is 0 Å². The summed E-state index contributed by atoms with van der Waals surface area (Å²) in [7, 11) is 4.09. The largest absolute Gasteiger partial charge is 0.356 e. The highest BCUT2D eigenvalue weighted by molar-refractivity contribution is 6.17. The zero-order valence-electron chi connectivity index (χ0n) is 12.0. The van der Waals surface area contributed by atoms with Crippen molar-refractivity contribution in [3.8, 4) is 0 Å². The maximum Gasteiger partial charge on any atom is 0.131 e. The molecule has 3 nitrogen and oxygen atoms in total. The lowest BCUT2D eigenvalue weighted by Gasteiger charge is -2.37. The second-order valence-electron chi connectivity index (χ2n) is 5.80. The van der Waals surface area contributed by atoms with Crippen LogP contribution in [0.4, 0.5) is 5.82 Å². The molecule has 0 bridgehead atoms. The number of halogens is 1. The molecule has 0 amide bonds. The van der Waals surface area contributed by atoms with Gasteiger partial charge in [-0.25, -0.2) is 0 Å². The summed E-state index contributed by atoms with van der Waals surface area (Å²) in [5.41, 5.74) is 2.37. The van der Waals surface area contributed by atoms with Crippen molar-refractivity contribution >= 4 is 17.4 Å². The lowest BCUT2D eigenvalue weighted by atomic mass is 9.87. The van der Waals surface area contributed by atoms with Gasteiger partial charge in [-0.1, -0.05) is 20.8 Å². The third-order valence-corrected chi connectivity index (χ3v) is 3.88. The van der Waals surface area contributed by atoms with Crippen molar-refractivity contribution in [2.24, 2.45) is 12.5 Å². The molecular weight excluding hydrogens is 234 g/mol. The molecule has 0 aliphatic rings. The lowest BCUT2D eigenvalue weighted by Crippen LogP contribution is -2.40. The fourth-order valence-electron chi connectivity index (χ4n) is 2.05. The Morgan fingerprint density at radius 2 is 1.94 bits per heavy atom. The van der Waals surface area contributed by atoms with Crippen LogP contribution < -0.4 is 4.90 Å². The van der Waals surface area contributed by atoms with Crippen molar-refractivity contribution < 1.29 is 0 Å². The Balaban J connectivity index is 3.16. The summed E-state index contributed by atoms with van der Waals surface area (Å²) in [6.07, 6.45) is 0. The number of aryl methyl sites for hydroxylation is 2. The quantitative estimate of drug-likeness (QED) is 0.775. The molecule has 4 heteroatoms. The van der Waals surface area contributed by atoms with Crippen LogP contribution in [0.1, 0.15) is 39.0 Å². The van der Waals surface area contributed by atoms with Crippen LogP contribution in [-0.4, -0.2) is 22.9 Å². The van der Waals surface area contributed by atoms with E-state index in [-0.39, 0.29) is 5.41 Å². The molecule has 0 N–H and O–H groups in total. The number of aromatic nitrogens is 2. The SMILES string of the molecule is Cc1nn(C)c(N(C)C(C)C(C)(C)C)c1CCl. The number of hydrogen-bond donors (Lipinski definition) is 0. The maximum absolute atomic E-state index is 6.03. The number of hydrogen-bond acceptors (Lipinski definition) is 2. The fraction of sp³-hybridized carbons (Fsp3) is 0.769. The molecule has 17 heavy (non-hydrogen) atoms. The van der Waals surface area contributed by atoms with Crippen molar-refractivity contribution in [3.63, 3.8) is 0 Å². The summed E-state index contributed by atoms with van der Waals surface area (Å²) in [6.45, 7) is 11.0. The lowest BCUT2D eigenvalue weighted by molar-refractivity contribution is 0.327. The first-order valence-electron chi connectivity index (χ1n) is 6.01. The number of rotatable bonds is 3. The van der Waals surface area contributed by atoms with Gasteiger partial charge >= 0.3 is 0 Å². The van der Waals surface area contributed by atoms with E-state index >= 15 is 0 Å². The summed E-state index contributed by atoms with van der Waals surface area (Å²) < 4.78 is 1.93. The second kappa shape index (κ2) is 4.89. The molecule has 0 saturated heterocycles. The molecule has 1 aromatic rings. The van der Waals surface area contributed by atoms with Gasteiger partial charge < -0.3 is 4.90 Å². The number of anilines is 1. The molecule has 0 spiro atoms. The predicted octanol–water partition coefficient (Wildman–Crippen LogP) is 3.34. The van der Waals surface area contributed by atoms with Crippen molar-refractivity contribution in [1.82, 2.24) is 9.78 Å². The summed E-state index contributed by atoms with van der Waals surface area (Å²) in [5, 5.41) is 4.46. The summed E-state index contributed by atoms with van der Waals surface area (Å²) in [6, 6.07) is 0.416. The first-order valence-corrected chi connectivity index (χ1v) is 6.54. The minimum atomic E-state index is 0.219. The van der Waals surface area contributed by atoms with Crippen molar-refractivity contribution in [2.45, 2.75) is 46.5 Å². The number of nitrogens with zero attached hydrogens (tertiary/aromatic N) is 3. The molecule has 98 valence electrons. The van der Waals surface area contributed by atoms with Crippen LogP contribution in [-0.2, 0) is 12.9 Å². The van der Waals surface area contributed by atoms with Crippen LogP contribution in [0.15, 0.2) is 0 Å². The molecule has 1 aromatic heterocycles. The van der Waals surface area contributed by atoms with E-state index in [4.69, 9.17) is 11.6 Å². The molecular formula is C13H24ClN3. The van der Waals surface area contributed by atoms with E-state index in [0.29, 0.717) is 11.9 Å². The van der Waals surface area contributed by atoms with Crippen LogP contribution in [0.25, 0.3) is 0 Å². The van der Waals surface area contributed by atoms with Crippen molar-refractivity contribution in [2.75, 3.05) is 11.9 Å². The minimum Gasteiger partial charge on any atom is -0.356 e.